The molecule has 0 aliphatic rings. The Balaban J connectivity index is 1.96. The standard InChI is InChI=1S/C20H21NO4/c1-14-8-10-15(11-9-14)17(22)12-13-18(23)21-19(20(24)25-2)16-6-4-3-5-7-16/h3-11,19H,12-13H2,1-2H3,(H,21,23). The molecule has 2 aromatic carbocycles. The first-order chi connectivity index (χ1) is 12.0. The summed E-state index contributed by atoms with van der Waals surface area (Å²) in [6.45, 7) is 1.94. The van der Waals surface area contributed by atoms with Gasteiger partial charge in [-0.3, -0.25) is 9.59 Å². The molecule has 130 valence electrons. The van der Waals surface area contributed by atoms with Gasteiger partial charge in [0.25, 0.3) is 0 Å². The Bertz CT molecular complexity index is 738. The van der Waals surface area contributed by atoms with Crippen LogP contribution in [-0.4, -0.2) is 24.8 Å². The Morgan fingerprint density at radius 1 is 0.960 bits per heavy atom. The van der Waals surface area contributed by atoms with Gasteiger partial charge in [0, 0.05) is 18.4 Å². The Labute approximate surface area is 147 Å². The quantitative estimate of drug-likeness (QED) is 0.622. The summed E-state index contributed by atoms with van der Waals surface area (Å²) in [5.74, 6) is -1.03. The van der Waals surface area contributed by atoms with Crippen LogP contribution in [-0.2, 0) is 14.3 Å². The van der Waals surface area contributed by atoms with Crippen molar-refractivity contribution in [1.29, 1.82) is 0 Å². The van der Waals surface area contributed by atoms with E-state index in [0.717, 1.165) is 5.56 Å². The van der Waals surface area contributed by atoms with Crippen LogP contribution in [0.3, 0.4) is 0 Å². The molecule has 1 atom stereocenters. The average Bonchev–Trinajstić information content (AvgIpc) is 2.64. The molecular weight excluding hydrogens is 318 g/mol. The fraction of sp³-hybridized carbons (Fsp3) is 0.250. The maximum atomic E-state index is 12.2. The lowest BCUT2D eigenvalue weighted by atomic mass is 10.0. The number of aryl methyl sites for hydroxylation is 1. The van der Waals surface area contributed by atoms with Crippen LogP contribution in [0.1, 0.15) is 40.4 Å². The third-order valence-electron chi connectivity index (χ3n) is 3.83. The average molecular weight is 339 g/mol. The monoisotopic (exact) mass is 339 g/mol. The molecule has 25 heavy (non-hydrogen) atoms. The van der Waals surface area contributed by atoms with Crippen molar-refractivity contribution in [2.45, 2.75) is 25.8 Å². The molecule has 0 radical (unpaired) electrons. The Kier molecular flexibility index (Phi) is 6.46. The van der Waals surface area contributed by atoms with Crippen LogP contribution in [0.2, 0.25) is 0 Å². The second-order valence-electron chi connectivity index (χ2n) is 5.72. The van der Waals surface area contributed by atoms with Gasteiger partial charge in [-0.2, -0.15) is 0 Å². The highest BCUT2D eigenvalue weighted by molar-refractivity contribution is 5.98. The van der Waals surface area contributed by atoms with Gasteiger partial charge in [0.1, 0.15) is 0 Å². The van der Waals surface area contributed by atoms with Crippen molar-refractivity contribution >= 4 is 17.7 Å². The molecule has 0 bridgehead atoms. The van der Waals surface area contributed by atoms with Crippen molar-refractivity contribution in [3.63, 3.8) is 0 Å². The summed E-state index contributed by atoms with van der Waals surface area (Å²) in [5, 5.41) is 2.63. The molecule has 0 saturated heterocycles. The zero-order valence-electron chi connectivity index (χ0n) is 14.3. The van der Waals surface area contributed by atoms with Crippen LogP contribution in [0.5, 0.6) is 0 Å². The van der Waals surface area contributed by atoms with Gasteiger partial charge in [-0.05, 0) is 12.5 Å². The van der Waals surface area contributed by atoms with Gasteiger partial charge >= 0.3 is 5.97 Å². The van der Waals surface area contributed by atoms with E-state index < -0.39 is 12.0 Å². The number of rotatable bonds is 7. The third-order valence-corrected chi connectivity index (χ3v) is 3.83. The number of ether oxygens (including phenoxy) is 1. The topological polar surface area (TPSA) is 72.5 Å². The second-order valence-corrected chi connectivity index (χ2v) is 5.72. The molecule has 0 fully saturated rings. The van der Waals surface area contributed by atoms with Crippen molar-refractivity contribution in [1.82, 2.24) is 5.32 Å². The number of benzene rings is 2. The lowest BCUT2D eigenvalue weighted by Crippen LogP contribution is -2.34. The molecule has 2 rings (SSSR count). The highest BCUT2D eigenvalue weighted by Crippen LogP contribution is 2.15. The van der Waals surface area contributed by atoms with Crippen LogP contribution < -0.4 is 5.32 Å². The Morgan fingerprint density at radius 2 is 1.60 bits per heavy atom. The number of hydrogen-bond donors (Lipinski definition) is 1. The maximum absolute atomic E-state index is 12.2. The first-order valence-corrected chi connectivity index (χ1v) is 8.03. The van der Waals surface area contributed by atoms with E-state index in [1.807, 2.05) is 25.1 Å². The summed E-state index contributed by atoms with van der Waals surface area (Å²) in [5.41, 5.74) is 2.27. The fourth-order valence-electron chi connectivity index (χ4n) is 2.39. The van der Waals surface area contributed by atoms with E-state index >= 15 is 0 Å². The number of Topliss-reactive ketones (excluding diaryl/α,β-unsaturated/α-hetero) is 1. The fourth-order valence-corrected chi connectivity index (χ4v) is 2.39. The van der Waals surface area contributed by atoms with E-state index in [0.29, 0.717) is 11.1 Å². The molecule has 2 aromatic rings. The maximum Gasteiger partial charge on any atom is 0.333 e. The van der Waals surface area contributed by atoms with Crippen molar-refractivity contribution < 1.29 is 19.1 Å². The van der Waals surface area contributed by atoms with Gasteiger partial charge in [-0.15, -0.1) is 0 Å². The van der Waals surface area contributed by atoms with Crippen LogP contribution in [0.15, 0.2) is 54.6 Å². The molecule has 1 amide bonds. The van der Waals surface area contributed by atoms with Crippen LogP contribution in [0.25, 0.3) is 0 Å². The van der Waals surface area contributed by atoms with E-state index in [-0.39, 0.29) is 24.5 Å². The highest BCUT2D eigenvalue weighted by atomic mass is 16.5. The zero-order valence-corrected chi connectivity index (χ0v) is 14.3. The number of amides is 1. The summed E-state index contributed by atoms with van der Waals surface area (Å²) in [6, 6.07) is 15.2. The van der Waals surface area contributed by atoms with Crippen LogP contribution in [0.4, 0.5) is 0 Å². The van der Waals surface area contributed by atoms with Gasteiger partial charge < -0.3 is 10.1 Å². The molecule has 0 spiro atoms. The molecule has 1 unspecified atom stereocenters. The highest BCUT2D eigenvalue weighted by Gasteiger charge is 2.23. The SMILES string of the molecule is COC(=O)C(NC(=O)CCC(=O)c1ccc(C)cc1)c1ccccc1. The van der Waals surface area contributed by atoms with E-state index in [4.69, 9.17) is 4.74 Å². The minimum Gasteiger partial charge on any atom is -0.467 e. The number of methoxy groups -OCH3 is 1. The normalized spacial score (nSPS) is 11.4. The molecule has 0 saturated carbocycles. The molecular formula is C20H21NO4. The van der Waals surface area contributed by atoms with Crippen LogP contribution >= 0.6 is 0 Å². The summed E-state index contributed by atoms with van der Waals surface area (Å²) in [4.78, 5) is 36.2. The predicted octanol–water partition coefficient (Wildman–Crippen LogP) is 2.99. The predicted molar refractivity (Wildman–Crippen MR) is 94.1 cm³/mol. The molecule has 0 aromatic heterocycles. The minimum absolute atomic E-state index is 0.00698. The summed E-state index contributed by atoms with van der Waals surface area (Å²) in [6.07, 6.45) is 0.0879. The number of hydrogen-bond acceptors (Lipinski definition) is 4. The number of carbonyl (C=O) groups excluding carboxylic acids is 3. The van der Waals surface area contributed by atoms with Crippen molar-refractivity contribution in [3.8, 4) is 0 Å². The number of carbonyl (C=O) groups is 3. The largest absolute Gasteiger partial charge is 0.467 e. The van der Waals surface area contributed by atoms with Gasteiger partial charge in [-0.25, -0.2) is 4.79 Å². The van der Waals surface area contributed by atoms with Crippen LogP contribution in [0, 0.1) is 6.92 Å². The summed E-state index contributed by atoms with van der Waals surface area (Å²) >= 11 is 0. The summed E-state index contributed by atoms with van der Waals surface area (Å²) < 4.78 is 4.75. The first kappa shape index (κ1) is 18.4. The van der Waals surface area contributed by atoms with Crippen molar-refractivity contribution in [3.05, 3.63) is 71.3 Å². The second kappa shape index (κ2) is 8.78. The zero-order chi connectivity index (χ0) is 18.2. The smallest absolute Gasteiger partial charge is 0.333 e. The lowest BCUT2D eigenvalue weighted by molar-refractivity contribution is -0.145. The van der Waals surface area contributed by atoms with Gasteiger partial charge in [0.2, 0.25) is 5.91 Å². The Morgan fingerprint density at radius 3 is 2.20 bits per heavy atom. The molecule has 5 nitrogen and oxygen atoms in total. The molecule has 0 heterocycles. The van der Waals surface area contributed by atoms with E-state index in [2.05, 4.69) is 5.32 Å². The van der Waals surface area contributed by atoms with Gasteiger partial charge in [-0.1, -0.05) is 60.2 Å². The molecule has 0 aliphatic heterocycles. The Hall–Kier alpha value is -2.95. The van der Waals surface area contributed by atoms with Gasteiger partial charge in [0.15, 0.2) is 11.8 Å². The van der Waals surface area contributed by atoms with Gasteiger partial charge in [0.05, 0.1) is 7.11 Å². The van der Waals surface area contributed by atoms with Crippen molar-refractivity contribution in [2.75, 3.05) is 7.11 Å². The molecule has 5 heteroatoms. The minimum atomic E-state index is -0.881. The first-order valence-electron chi connectivity index (χ1n) is 8.03. The van der Waals surface area contributed by atoms with E-state index in [9.17, 15) is 14.4 Å². The van der Waals surface area contributed by atoms with E-state index in [1.54, 1.807) is 36.4 Å². The van der Waals surface area contributed by atoms with E-state index in [1.165, 1.54) is 7.11 Å². The van der Waals surface area contributed by atoms with Crippen molar-refractivity contribution in [2.24, 2.45) is 0 Å². The third kappa shape index (κ3) is 5.28. The molecule has 0 aliphatic carbocycles. The molecule has 1 N–H and O–H groups in total. The lowest BCUT2D eigenvalue weighted by Gasteiger charge is -2.16. The number of esters is 1. The number of ketones is 1. The number of nitrogens with one attached hydrogen (secondary N) is 1. The summed E-state index contributed by atoms with van der Waals surface area (Å²) in [7, 11) is 1.27.